The first kappa shape index (κ1) is 60.9. The summed E-state index contributed by atoms with van der Waals surface area (Å²) in [5, 5.41) is 27.1. The molecular formula is C59H88FN9O7. The summed E-state index contributed by atoms with van der Waals surface area (Å²) >= 11 is 0. The number of nitrogens with one attached hydrogen (secondary N) is 3. The first-order valence-corrected chi connectivity index (χ1v) is 28.0. The summed E-state index contributed by atoms with van der Waals surface area (Å²) in [5.41, 5.74) is 15.8. The molecule has 1 saturated carbocycles. The fourth-order valence-electron chi connectivity index (χ4n) is 9.87. The predicted octanol–water partition coefficient (Wildman–Crippen LogP) is 8.48. The highest BCUT2D eigenvalue weighted by Gasteiger charge is 2.34. The minimum atomic E-state index is -0.788. The molecule has 1 atom stereocenters. The third-order valence-electron chi connectivity index (χ3n) is 14.1. The number of nitrogens with two attached hydrogens (primary N) is 2. The van der Waals surface area contributed by atoms with Crippen molar-refractivity contribution in [3.63, 3.8) is 0 Å². The van der Waals surface area contributed by atoms with Gasteiger partial charge in [-0.05, 0) is 108 Å². The molecule has 1 fully saturated rings. The van der Waals surface area contributed by atoms with Crippen LogP contribution in [0.15, 0.2) is 66.9 Å². The Bertz CT molecular complexity index is 2370. The van der Waals surface area contributed by atoms with E-state index in [1.165, 1.54) is 44.6 Å². The number of ether oxygens (including phenoxy) is 2. The van der Waals surface area contributed by atoms with Crippen LogP contribution in [0.1, 0.15) is 151 Å². The van der Waals surface area contributed by atoms with Crippen molar-refractivity contribution >= 4 is 23.7 Å². The lowest BCUT2D eigenvalue weighted by Gasteiger charge is -2.26. The van der Waals surface area contributed by atoms with Crippen LogP contribution in [0.4, 0.5) is 4.39 Å². The Balaban J connectivity index is 0.972. The number of unbranched alkanes of at least 4 members (excludes halogenated alkanes) is 10. The molecule has 1 aromatic heterocycles. The van der Waals surface area contributed by atoms with Gasteiger partial charge in [-0.25, -0.2) is 4.39 Å². The van der Waals surface area contributed by atoms with E-state index in [0.29, 0.717) is 114 Å². The minimum absolute atomic E-state index is 0.0203. The number of carboxylic acid groups (broad SMARTS) is 1. The van der Waals surface area contributed by atoms with Gasteiger partial charge in [-0.1, -0.05) is 107 Å². The summed E-state index contributed by atoms with van der Waals surface area (Å²) in [7, 11) is 1.58. The number of aryl methyl sites for hydroxylation is 1. The molecule has 3 amide bonds. The van der Waals surface area contributed by atoms with Gasteiger partial charge in [0.1, 0.15) is 23.9 Å². The second-order valence-corrected chi connectivity index (χ2v) is 21.3. The zero-order chi connectivity index (χ0) is 54.5. The Morgan fingerprint density at radius 1 is 0.750 bits per heavy atom. The van der Waals surface area contributed by atoms with Gasteiger partial charge in [0.15, 0.2) is 0 Å². The maximum Gasteiger partial charge on any atom is 0.303 e. The monoisotopic (exact) mass is 1050 g/mol. The average Bonchev–Trinajstić information content (AvgIpc) is 4.16. The van der Waals surface area contributed by atoms with Crippen molar-refractivity contribution in [2.75, 3.05) is 59.5 Å². The van der Waals surface area contributed by atoms with Crippen LogP contribution in [-0.2, 0) is 45.2 Å². The normalized spacial score (nSPS) is 12.9. The molecule has 0 aliphatic heterocycles. The minimum Gasteiger partial charge on any atom is -0.497 e. The van der Waals surface area contributed by atoms with Crippen LogP contribution in [0.25, 0.3) is 11.1 Å². The van der Waals surface area contributed by atoms with Gasteiger partial charge in [0, 0.05) is 89.9 Å². The summed E-state index contributed by atoms with van der Waals surface area (Å²) in [6, 6.07) is 18.7. The SMILES string of the molecule is COc1ccc(F)c(-c2ccc(COc3cccc([C@@H](CC(=O)O)C4CC4)c3)cc2CC(C)(C)Cc2cn(CCCCCCCCCCCCCC(=O)NCCN(CCC(=O)NCCN)CCC(=O)NCCN)nn2)c1. The van der Waals surface area contributed by atoms with Gasteiger partial charge >= 0.3 is 5.97 Å². The van der Waals surface area contributed by atoms with E-state index in [2.05, 4.69) is 52.4 Å². The molecule has 0 spiro atoms. The smallest absolute Gasteiger partial charge is 0.303 e. The van der Waals surface area contributed by atoms with Crippen molar-refractivity contribution in [2.24, 2.45) is 22.8 Å². The third-order valence-corrected chi connectivity index (χ3v) is 14.1. The molecule has 17 heteroatoms. The van der Waals surface area contributed by atoms with E-state index >= 15 is 4.39 Å². The van der Waals surface area contributed by atoms with Gasteiger partial charge in [0.25, 0.3) is 0 Å². The van der Waals surface area contributed by atoms with Crippen molar-refractivity contribution in [2.45, 2.75) is 155 Å². The fraction of sp³-hybridized carbons (Fsp3) is 0.593. The number of amides is 3. The fourth-order valence-corrected chi connectivity index (χ4v) is 9.87. The number of carbonyl (C=O) groups excluding carboxylic acids is 3. The topological polar surface area (TPSA) is 229 Å². The summed E-state index contributed by atoms with van der Waals surface area (Å²) in [6.07, 6.45) is 19.2. The zero-order valence-electron chi connectivity index (χ0n) is 45.7. The molecule has 0 bridgehead atoms. The first-order chi connectivity index (χ1) is 36.7. The predicted molar refractivity (Wildman–Crippen MR) is 296 cm³/mol. The van der Waals surface area contributed by atoms with Gasteiger partial charge in [0.05, 0.1) is 19.2 Å². The number of hydrogen-bond acceptors (Lipinski definition) is 11. The lowest BCUT2D eigenvalue weighted by Crippen LogP contribution is -2.40. The van der Waals surface area contributed by atoms with E-state index in [9.17, 15) is 24.3 Å². The first-order valence-electron chi connectivity index (χ1n) is 28.0. The number of hydrogen-bond donors (Lipinski definition) is 6. The number of carbonyl (C=O) groups is 4. The Morgan fingerprint density at radius 3 is 2.01 bits per heavy atom. The Kier molecular flexibility index (Phi) is 26.7. The summed E-state index contributed by atoms with van der Waals surface area (Å²) in [5.74, 6) is 0.406. The van der Waals surface area contributed by atoms with Gasteiger partial charge in [-0.15, -0.1) is 5.10 Å². The summed E-state index contributed by atoms with van der Waals surface area (Å²) in [6.45, 7) is 9.14. The summed E-state index contributed by atoms with van der Waals surface area (Å²) in [4.78, 5) is 50.4. The zero-order valence-corrected chi connectivity index (χ0v) is 45.7. The van der Waals surface area contributed by atoms with Crippen LogP contribution in [0.3, 0.4) is 0 Å². The number of aromatic nitrogens is 3. The van der Waals surface area contributed by atoms with Crippen molar-refractivity contribution < 1.29 is 38.1 Å². The molecule has 3 aromatic carbocycles. The molecule has 1 heterocycles. The molecule has 8 N–H and O–H groups in total. The Morgan fingerprint density at radius 2 is 1.38 bits per heavy atom. The maximum atomic E-state index is 15.5. The van der Waals surface area contributed by atoms with Crippen LogP contribution < -0.4 is 36.9 Å². The van der Waals surface area contributed by atoms with Crippen LogP contribution in [-0.4, -0.2) is 108 Å². The molecular weight excluding hydrogens is 966 g/mol. The number of methoxy groups -OCH3 is 1. The quantitative estimate of drug-likeness (QED) is 0.0231. The average molecular weight is 1050 g/mol. The number of rotatable bonds is 40. The van der Waals surface area contributed by atoms with Gasteiger partial charge in [-0.2, -0.15) is 0 Å². The van der Waals surface area contributed by atoms with Gasteiger partial charge < -0.3 is 46.9 Å². The Labute approximate surface area is 451 Å². The molecule has 1 aliphatic rings. The number of halogens is 1. The van der Waals surface area contributed by atoms with E-state index in [1.807, 2.05) is 46.0 Å². The number of aliphatic carboxylic acids is 1. The molecule has 1 aliphatic carbocycles. The molecule has 4 aromatic rings. The number of benzene rings is 3. The molecule has 16 nitrogen and oxygen atoms in total. The van der Waals surface area contributed by atoms with Crippen molar-refractivity contribution in [1.82, 2.24) is 35.8 Å². The van der Waals surface area contributed by atoms with Crippen LogP contribution in [0, 0.1) is 17.2 Å². The largest absolute Gasteiger partial charge is 0.497 e. The second kappa shape index (κ2) is 33.3. The van der Waals surface area contributed by atoms with E-state index in [0.717, 1.165) is 79.4 Å². The van der Waals surface area contributed by atoms with Crippen LogP contribution in [0.5, 0.6) is 11.5 Å². The highest BCUT2D eigenvalue weighted by Crippen LogP contribution is 2.45. The second-order valence-electron chi connectivity index (χ2n) is 21.3. The highest BCUT2D eigenvalue weighted by atomic mass is 19.1. The molecule has 0 unspecified atom stereocenters. The maximum absolute atomic E-state index is 15.5. The van der Waals surface area contributed by atoms with E-state index in [1.54, 1.807) is 19.2 Å². The third kappa shape index (κ3) is 23.1. The van der Waals surface area contributed by atoms with Gasteiger partial charge in [-0.3, -0.25) is 23.9 Å². The van der Waals surface area contributed by atoms with Gasteiger partial charge in [0.2, 0.25) is 17.7 Å². The lowest BCUT2D eigenvalue weighted by molar-refractivity contribution is -0.137. The lowest BCUT2D eigenvalue weighted by atomic mass is 9.79. The van der Waals surface area contributed by atoms with Crippen LogP contribution >= 0.6 is 0 Å². The van der Waals surface area contributed by atoms with E-state index in [-0.39, 0.29) is 41.3 Å². The van der Waals surface area contributed by atoms with Crippen molar-refractivity contribution in [3.05, 3.63) is 95.1 Å². The number of carboxylic acids is 1. The standard InChI is InChI=1S/C59H88FN9O7/c1-59(2,40-47-36-44(19-23-51(47)53-38-49(75-3)22-24-54(53)60)43-76-50-17-15-16-46(37-50)52(39-58(73)74)45-20-21-45)41-48-42-69(67-66-48)32-14-12-10-8-6-4-5-7-9-11-13-18-55(70)65-31-35-68(33-25-56(71)63-29-27-61)34-26-57(72)64-30-28-62/h15-17,19,22-24,36-38,42,45,52H,4-14,18,20-21,25-35,39-41,43,61-62H2,1-3H3,(H,63,71)(H,64,72)(H,65,70)(H,73,74)/t52-/m0/s1. The molecule has 5 rings (SSSR count). The van der Waals surface area contributed by atoms with E-state index in [4.69, 9.17) is 20.9 Å². The van der Waals surface area contributed by atoms with Crippen molar-refractivity contribution in [1.29, 1.82) is 0 Å². The summed E-state index contributed by atoms with van der Waals surface area (Å²) < 4.78 is 29.3. The molecule has 0 saturated heterocycles. The molecule has 76 heavy (non-hydrogen) atoms. The molecule has 0 radical (unpaired) electrons. The highest BCUT2D eigenvalue weighted by molar-refractivity contribution is 5.77. The number of nitrogens with zero attached hydrogens (tertiary/aromatic N) is 4. The van der Waals surface area contributed by atoms with Crippen LogP contribution in [0.2, 0.25) is 0 Å². The molecule has 418 valence electrons. The van der Waals surface area contributed by atoms with Crippen molar-refractivity contribution in [3.8, 4) is 22.6 Å². The Hall–Kier alpha value is -5.91. The van der Waals surface area contributed by atoms with E-state index < -0.39 is 5.97 Å².